The van der Waals surface area contributed by atoms with Crippen LogP contribution in [0.4, 0.5) is 0 Å². The topological polar surface area (TPSA) is 52.1 Å². The van der Waals surface area contributed by atoms with Gasteiger partial charge in [0.25, 0.3) is 0 Å². The van der Waals surface area contributed by atoms with Crippen molar-refractivity contribution < 1.29 is 9.47 Å². The molecule has 0 saturated carbocycles. The van der Waals surface area contributed by atoms with Gasteiger partial charge in [0, 0.05) is 13.0 Å². The van der Waals surface area contributed by atoms with Crippen LogP contribution in [0.2, 0.25) is 0 Å². The average molecular weight is 279 g/mol. The summed E-state index contributed by atoms with van der Waals surface area (Å²) in [7, 11) is 3.25. The Morgan fingerprint density at radius 3 is 2.63 bits per heavy atom. The van der Waals surface area contributed by atoms with Gasteiger partial charge < -0.3 is 14.0 Å². The van der Waals surface area contributed by atoms with Gasteiger partial charge in [0.05, 0.1) is 14.2 Å². The first-order valence-electron chi connectivity index (χ1n) is 6.04. The molecular formula is C13H17N3O2S. The van der Waals surface area contributed by atoms with E-state index in [-0.39, 0.29) is 0 Å². The number of hydrogen-bond acceptors (Lipinski definition) is 4. The van der Waals surface area contributed by atoms with Crippen LogP contribution in [0.5, 0.6) is 11.5 Å². The van der Waals surface area contributed by atoms with Gasteiger partial charge in [0.15, 0.2) is 16.3 Å². The molecule has 1 aromatic carbocycles. The lowest BCUT2D eigenvalue weighted by molar-refractivity contribution is 0.354. The van der Waals surface area contributed by atoms with E-state index >= 15 is 0 Å². The van der Waals surface area contributed by atoms with Gasteiger partial charge in [-0.2, -0.15) is 5.10 Å². The Labute approximate surface area is 117 Å². The van der Waals surface area contributed by atoms with Crippen LogP contribution in [0.3, 0.4) is 0 Å². The Morgan fingerprint density at radius 2 is 2.00 bits per heavy atom. The van der Waals surface area contributed by atoms with E-state index in [9.17, 15) is 0 Å². The second kappa shape index (κ2) is 5.88. The summed E-state index contributed by atoms with van der Waals surface area (Å²) in [6.45, 7) is 2.85. The molecule has 6 heteroatoms. The van der Waals surface area contributed by atoms with E-state index in [1.807, 2.05) is 29.7 Å². The Morgan fingerprint density at radius 1 is 1.26 bits per heavy atom. The molecule has 19 heavy (non-hydrogen) atoms. The Kier molecular flexibility index (Phi) is 4.21. The lowest BCUT2D eigenvalue weighted by Crippen LogP contribution is -2.03. The molecule has 0 radical (unpaired) electrons. The van der Waals surface area contributed by atoms with Crippen molar-refractivity contribution in [3.05, 3.63) is 34.4 Å². The third-order valence-corrected chi connectivity index (χ3v) is 3.28. The first kappa shape index (κ1) is 13.6. The third kappa shape index (κ3) is 2.78. The number of methoxy groups -OCH3 is 2. The molecule has 1 aromatic heterocycles. The zero-order valence-electron chi connectivity index (χ0n) is 11.3. The molecule has 0 atom stereocenters. The molecule has 0 unspecified atom stereocenters. The fourth-order valence-electron chi connectivity index (χ4n) is 1.98. The maximum atomic E-state index is 5.30. The summed E-state index contributed by atoms with van der Waals surface area (Å²) in [6, 6.07) is 5.85. The maximum absolute atomic E-state index is 5.30. The summed E-state index contributed by atoms with van der Waals surface area (Å²) in [5.41, 5.74) is 1.10. The smallest absolute Gasteiger partial charge is 0.195 e. The monoisotopic (exact) mass is 279 g/mol. The van der Waals surface area contributed by atoms with Crippen LogP contribution < -0.4 is 9.47 Å². The highest BCUT2D eigenvalue weighted by Gasteiger charge is 2.09. The molecule has 0 spiro atoms. The largest absolute Gasteiger partial charge is 0.493 e. The lowest BCUT2D eigenvalue weighted by atomic mass is 10.1. The summed E-state index contributed by atoms with van der Waals surface area (Å²) in [5.74, 6) is 2.36. The zero-order valence-corrected chi connectivity index (χ0v) is 12.1. The maximum Gasteiger partial charge on any atom is 0.195 e. The van der Waals surface area contributed by atoms with Gasteiger partial charge in [-0.25, -0.2) is 0 Å². The van der Waals surface area contributed by atoms with Gasteiger partial charge in [0.2, 0.25) is 0 Å². The number of aromatic nitrogens is 3. The van der Waals surface area contributed by atoms with Crippen molar-refractivity contribution in [2.45, 2.75) is 19.9 Å². The van der Waals surface area contributed by atoms with E-state index in [0.29, 0.717) is 11.2 Å². The molecular weight excluding hydrogens is 262 g/mol. The van der Waals surface area contributed by atoms with E-state index in [2.05, 4.69) is 10.2 Å². The molecule has 102 valence electrons. The average Bonchev–Trinajstić information content (AvgIpc) is 2.78. The van der Waals surface area contributed by atoms with Crippen molar-refractivity contribution in [2.24, 2.45) is 0 Å². The van der Waals surface area contributed by atoms with Gasteiger partial charge in [-0.15, -0.1) is 0 Å². The highest BCUT2D eigenvalue weighted by Crippen LogP contribution is 2.28. The van der Waals surface area contributed by atoms with Crippen LogP contribution in [-0.2, 0) is 13.0 Å². The molecule has 1 N–H and O–H groups in total. The number of H-pyrrole nitrogens is 1. The molecule has 0 saturated heterocycles. The van der Waals surface area contributed by atoms with E-state index < -0.39 is 0 Å². The van der Waals surface area contributed by atoms with Crippen LogP contribution in [0.15, 0.2) is 18.2 Å². The lowest BCUT2D eigenvalue weighted by Gasteiger charge is -2.09. The number of benzene rings is 1. The van der Waals surface area contributed by atoms with Gasteiger partial charge in [-0.3, -0.25) is 5.10 Å². The van der Waals surface area contributed by atoms with Crippen LogP contribution in [0.25, 0.3) is 0 Å². The van der Waals surface area contributed by atoms with Gasteiger partial charge >= 0.3 is 0 Å². The van der Waals surface area contributed by atoms with Crippen molar-refractivity contribution in [1.29, 1.82) is 0 Å². The fraction of sp³-hybridized carbons (Fsp3) is 0.385. The number of nitrogens with zero attached hydrogens (tertiary/aromatic N) is 2. The number of nitrogens with one attached hydrogen (secondary N) is 1. The molecule has 1 heterocycles. The second-order valence-corrected chi connectivity index (χ2v) is 4.44. The summed E-state index contributed by atoms with van der Waals surface area (Å²) < 4.78 is 13.1. The molecule has 2 aromatic rings. The number of ether oxygens (including phenoxy) is 2. The van der Waals surface area contributed by atoms with Crippen molar-refractivity contribution in [1.82, 2.24) is 14.8 Å². The molecule has 5 nitrogen and oxygen atoms in total. The SMILES string of the molecule is CCn1c(Cc2ccc(OC)c(OC)c2)n[nH]c1=S. The van der Waals surface area contributed by atoms with Gasteiger partial charge in [0.1, 0.15) is 5.82 Å². The Balaban J connectivity index is 2.30. The number of hydrogen-bond donors (Lipinski definition) is 1. The molecule has 0 amide bonds. The summed E-state index contributed by atoms with van der Waals surface area (Å²) in [5, 5.41) is 7.07. The Hall–Kier alpha value is -1.82. The van der Waals surface area contributed by atoms with Crippen LogP contribution in [-0.4, -0.2) is 29.0 Å². The summed E-state index contributed by atoms with van der Waals surface area (Å²) in [6.07, 6.45) is 0.696. The first-order valence-corrected chi connectivity index (χ1v) is 6.45. The first-order chi connectivity index (χ1) is 9.19. The minimum Gasteiger partial charge on any atom is -0.493 e. The normalized spacial score (nSPS) is 10.5. The van der Waals surface area contributed by atoms with Gasteiger partial charge in [-0.05, 0) is 36.8 Å². The molecule has 0 fully saturated rings. The number of rotatable bonds is 5. The van der Waals surface area contributed by atoms with Crippen molar-refractivity contribution in [3.8, 4) is 11.5 Å². The van der Waals surface area contributed by atoms with Gasteiger partial charge in [-0.1, -0.05) is 6.07 Å². The second-order valence-electron chi connectivity index (χ2n) is 4.06. The van der Waals surface area contributed by atoms with Crippen molar-refractivity contribution in [2.75, 3.05) is 14.2 Å². The van der Waals surface area contributed by atoms with E-state index in [0.717, 1.165) is 29.4 Å². The highest BCUT2D eigenvalue weighted by atomic mass is 32.1. The standard InChI is InChI=1S/C13H17N3O2S/c1-4-16-12(14-15-13(16)19)8-9-5-6-10(17-2)11(7-9)18-3/h5-7H,4,8H2,1-3H3,(H,15,19). The predicted molar refractivity (Wildman–Crippen MR) is 75.4 cm³/mol. The van der Waals surface area contributed by atoms with E-state index in [1.54, 1.807) is 14.2 Å². The molecule has 0 aliphatic heterocycles. The van der Waals surface area contributed by atoms with Crippen LogP contribution in [0.1, 0.15) is 18.3 Å². The third-order valence-electron chi connectivity index (χ3n) is 2.96. The van der Waals surface area contributed by atoms with Crippen molar-refractivity contribution in [3.63, 3.8) is 0 Å². The summed E-state index contributed by atoms with van der Waals surface area (Å²) in [4.78, 5) is 0. The number of aromatic amines is 1. The van der Waals surface area contributed by atoms with E-state index in [1.165, 1.54) is 0 Å². The predicted octanol–water partition coefficient (Wildman–Crippen LogP) is 2.57. The quantitative estimate of drug-likeness (QED) is 0.855. The molecule has 0 bridgehead atoms. The Bertz CT molecular complexity index is 619. The zero-order chi connectivity index (χ0) is 13.8. The van der Waals surface area contributed by atoms with E-state index in [4.69, 9.17) is 21.7 Å². The van der Waals surface area contributed by atoms with Crippen molar-refractivity contribution >= 4 is 12.2 Å². The fourth-order valence-corrected chi connectivity index (χ4v) is 2.26. The van der Waals surface area contributed by atoms with Crippen LogP contribution >= 0.6 is 12.2 Å². The molecule has 0 aliphatic carbocycles. The minimum atomic E-state index is 0.651. The summed E-state index contributed by atoms with van der Waals surface area (Å²) >= 11 is 5.18. The van der Waals surface area contributed by atoms with Crippen LogP contribution in [0, 0.1) is 4.77 Å². The molecule has 2 rings (SSSR count). The minimum absolute atomic E-state index is 0.651. The highest BCUT2D eigenvalue weighted by molar-refractivity contribution is 7.71. The molecule has 0 aliphatic rings.